The number of nitrogens with one attached hydrogen (secondary N) is 1. The van der Waals surface area contributed by atoms with Crippen LogP contribution in [0.25, 0.3) is 0 Å². The summed E-state index contributed by atoms with van der Waals surface area (Å²) in [6.45, 7) is 1.77. The van der Waals surface area contributed by atoms with Gasteiger partial charge in [-0.3, -0.25) is 4.72 Å². The Morgan fingerprint density at radius 3 is 2.55 bits per heavy atom. The number of hydrogen-bond acceptors (Lipinski definition) is 4. The molecule has 0 fully saturated rings. The summed E-state index contributed by atoms with van der Waals surface area (Å²) in [6.07, 6.45) is 0. The van der Waals surface area contributed by atoms with E-state index in [4.69, 9.17) is 5.73 Å². The molecule has 0 unspecified atom stereocenters. The van der Waals surface area contributed by atoms with E-state index in [9.17, 15) is 8.42 Å². The topological polar surface area (TPSA) is 85.1 Å². The minimum absolute atomic E-state index is 0.00856. The van der Waals surface area contributed by atoms with Crippen molar-refractivity contribution in [2.24, 2.45) is 0 Å². The van der Waals surface area contributed by atoms with Crippen LogP contribution < -0.4 is 10.5 Å². The van der Waals surface area contributed by atoms with Crippen LogP contribution in [-0.4, -0.2) is 13.4 Å². The van der Waals surface area contributed by atoms with Crippen LogP contribution in [0.3, 0.4) is 0 Å². The van der Waals surface area contributed by atoms with Crippen molar-refractivity contribution >= 4 is 53.4 Å². The van der Waals surface area contributed by atoms with Gasteiger partial charge >= 0.3 is 0 Å². The third-order valence-corrected chi connectivity index (χ3v) is 5.27. The zero-order valence-corrected chi connectivity index (χ0v) is 14.4. The number of rotatable bonds is 3. The third-order valence-electron chi connectivity index (χ3n) is 2.53. The Morgan fingerprint density at radius 1 is 1.20 bits per heavy atom. The first-order valence-corrected chi connectivity index (χ1v) is 8.57. The van der Waals surface area contributed by atoms with Gasteiger partial charge in [0.2, 0.25) is 0 Å². The second kappa shape index (κ2) is 5.71. The van der Waals surface area contributed by atoms with Crippen LogP contribution in [0.5, 0.6) is 0 Å². The fourth-order valence-corrected chi connectivity index (χ4v) is 3.43. The molecule has 0 saturated carbocycles. The maximum atomic E-state index is 12.3. The van der Waals surface area contributed by atoms with Crippen LogP contribution in [0.15, 0.2) is 44.2 Å². The van der Waals surface area contributed by atoms with Crippen molar-refractivity contribution in [2.45, 2.75) is 11.8 Å². The minimum Gasteiger partial charge on any atom is -0.398 e. The number of nitrogens with two attached hydrogens (primary N) is 1. The lowest BCUT2D eigenvalue weighted by Crippen LogP contribution is -2.16. The highest BCUT2D eigenvalue weighted by molar-refractivity contribution is 9.10. The molecule has 8 heteroatoms. The third kappa shape index (κ3) is 3.31. The molecule has 2 rings (SSSR count). The number of halogens is 2. The zero-order valence-electron chi connectivity index (χ0n) is 10.4. The molecule has 0 aliphatic carbocycles. The maximum Gasteiger partial charge on any atom is 0.265 e. The summed E-state index contributed by atoms with van der Waals surface area (Å²) >= 11 is 6.53. The van der Waals surface area contributed by atoms with E-state index in [2.05, 4.69) is 41.6 Å². The van der Waals surface area contributed by atoms with Crippen LogP contribution in [0, 0.1) is 6.92 Å². The second-order valence-corrected chi connectivity index (χ2v) is 7.47. The summed E-state index contributed by atoms with van der Waals surface area (Å²) in [7, 11) is -3.78. The quantitative estimate of drug-likeness (QED) is 0.746. The molecule has 0 aliphatic rings. The van der Waals surface area contributed by atoms with Crippen molar-refractivity contribution in [3.8, 4) is 0 Å². The summed E-state index contributed by atoms with van der Waals surface area (Å²) in [5, 5.41) is 0. The Balaban J connectivity index is 2.40. The van der Waals surface area contributed by atoms with E-state index in [1.165, 1.54) is 12.1 Å². The molecule has 20 heavy (non-hydrogen) atoms. The zero-order chi connectivity index (χ0) is 14.9. The Labute approximate surface area is 133 Å². The molecule has 0 spiro atoms. The lowest BCUT2D eigenvalue weighted by atomic mass is 10.3. The molecule has 0 atom stereocenters. The first kappa shape index (κ1) is 15.3. The van der Waals surface area contributed by atoms with Crippen molar-refractivity contribution in [1.82, 2.24) is 4.98 Å². The first-order chi connectivity index (χ1) is 9.29. The van der Waals surface area contributed by atoms with Crippen molar-refractivity contribution in [3.05, 3.63) is 45.0 Å². The molecule has 1 aromatic carbocycles. The Morgan fingerprint density at radius 2 is 1.90 bits per heavy atom. The highest BCUT2D eigenvalue weighted by Gasteiger charge is 2.18. The number of sulfonamides is 1. The number of aromatic nitrogens is 1. The molecule has 0 saturated heterocycles. The summed E-state index contributed by atoms with van der Waals surface area (Å²) < 4.78 is 28.5. The Hall–Kier alpha value is -1.12. The lowest BCUT2D eigenvalue weighted by molar-refractivity contribution is 0.601. The van der Waals surface area contributed by atoms with E-state index < -0.39 is 10.0 Å². The molecule has 0 radical (unpaired) electrons. The van der Waals surface area contributed by atoms with Gasteiger partial charge in [-0.2, -0.15) is 0 Å². The molecule has 1 aromatic heterocycles. The van der Waals surface area contributed by atoms with Gasteiger partial charge in [-0.15, -0.1) is 0 Å². The van der Waals surface area contributed by atoms with Gasteiger partial charge in [0, 0.05) is 8.95 Å². The number of hydrogen-bond donors (Lipinski definition) is 2. The monoisotopic (exact) mass is 419 g/mol. The standard InChI is InChI=1S/C12H11Br2N3O2S/c1-7-9(14)3-5-12(16-7)17-20(18,19)11-6-8(13)2-4-10(11)15/h2-6H,15H2,1H3,(H,16,17). The highest BCUT2D eigenvalue weighted by atomic mass is 79.9. The van der Waals surface area contributed by atoms with Gasteiger partial charge in [-0.25, -0.2) is 13.4 Å². The van der Waals surface area contributed by atoms with E-state index in [0.717, 1.165) is 4.47 Å². The fraction of sp³-hybridized carbons (Fsp3) is 0.0833. The van der Waals surface area contributed by atoms with Gasteiger partial charge in [-0.05, 0) is 53.2 Å². The summed E-state index contributed by atoms with van der Waals surface area (Å²) in [4.78, 5) is 4.15. The normalized spacial score (nSPS) is 11.3. The average Bonchev–Trinajstić information content (AvgIpc) is 2.36. The van der Waals surface area contributed by atoms with Crippen LogP contribution in [0.1, 0.15) is 5.69 Å². The second-order valence-electron chi connectivity index (χ2n) is 4.05. The van der Waals surface area contributed by atoms with Crippen molar-refractivity contribution in [3.63, 3.8) is 0 Å². The lowest BCUT2D eigenvalue weighted by Gasteiger charge is -2.10. The number of aryl methyl sites for hydroxylation is 1. The molecule has 0 bridgehead atoms. The fourth-order valence-electron chi connectivity index (χ4n) is 1.53. The van der Waals surface area contributed by atoms with Gasteiger partial charge in [0.05, 0.1) is 11.4 Å². The van der Waals surface area contributed by atoms with Gasteiger partial charge < -0.3 is 5.73 Å². The molecule has 2 aromatic rings. The predicted molar refractivity (Wildman–Crippen MR) is 86.0 cm³/mol. The summed E-state index contributed by atoms with van der Waals surface area (Å²) in [6, 6.07) is 7.95. The van der Waals surface area contributed by atoms with Crippen molar-refractivity contribution in [1.29, 1.82) is 0 Å². The molecule has 1 heterocycles. The molecular weight excluding hydrogens is 410 g/mol. The van der Waals surface area contributed by atoms with Crippen molar-refractivity contribution < 1.29 is 8.42 Å². The van der Waals surface area contributed by atoms with Crippen molar-refractivity contribution in [2.75, 3.05) is 10.5 Å². The molecular formula is C12H11Br2N3O2S. The molecule has 5 nitrogen and oxygen atoms in total. The van der Waals surface area contributed by atoms with Gasteiger partial charge in [0.15, 0.2) is 0 Å². The number of benzene rings is 1. The van der Waals surface area contributed by atoms with E-state index in [1.807, 2.05) is 0 Å². The highest BCUT2D eigenvalue weighted by Crippen LogP contribution is 2.25. The average molecular weight is 421 g/mol. The van der Waals surface area contributed by atoms with Crippen LogP contribution in [0.4, 0.5) is 11.5 Å². The summed E-state index contributed by atoms with van der Waals surface area (Å²) in [5.74, 6) is 0.241. The number of nitrogen functional groups attached to an aromatic ring is 1. The van der Waals surface area contributed by atoms with Gasteiger partial charge in [0.25, 0.3) is 10.0 Å². The number of pyridine rings is 1. The molecule has 0 amide bonds. The summed E-state index contributed by atoms with van der Waals surface area (Å²) in [5.41, 5.74) is 6.58. The van der Waals surface area contributed by atoms with Crippen LogP contribution >= 0.6 is 31.9 Å². The molecule has 106 valence electrons. The van der Waals surface area contributed by atoms with E-state index in [0.29, 0.717) is 10.2 Å². The minimum atomic E-state index is -3.78. The number of anilines is 2. The Bertz CT molecular complexity index is 763. The predicted octanol–water partition coefficient (Wildman–Crippen LogP) is 3.30. The van der Waals surface area contributed by atoms with E-state index in [1.54, 1.807) is 25.1 Å². The molecule has 0 aliphatic heterocycles. The van der Waals surface area contributed by atoms with Gasteiger partial charge in [0.1, 0.15) is 10.7 Å². The van der Waals surface area contributed by atoms with E-state index >= 15 is 0 Å². The SMILES string of the molecule is Cc1nc(NS(=O)(=O)c2cc(Br)ccc2N)ccc1Br. The van der Waals surface area contributed by atoms with Gasteiger partial charge in [-0.1, -0.05) is 15.9 Å². The maximum absolute atomic E-state index is 12.3. The smallest absolute Gasteiger partial charge is 0.265 e. The van der Waals surface area contributed by atoms with Crippen LogP contribution in [-0.2, 0) is 10.0 Å². The Kier molecular flexibility index (Phi) is 4.36. The molecule has 3 N–H and O–H groups in total. The van der Waals surface area contributed by atoms with Crippen LogP contribution in [0.2, 0.25) is 0 Å². The number of nitrogens with zero attached hydrogens (tertiary/aromatic N) is 1. The van der Waals surface area contributed by atoms with E-state index in [-0.39, 0.29) is 16.4 Å². The first-order valence-electron chi connectivity index (χ1n) is 5.50. The largest absolute Gasteiger partial charge is 0.398 e.